The number of fused-ring (bicyclic) bond motifs is 3. The highest BCUT2D eigenvalue weighted by molar-refractivity contribution is 9.10. The summed E-state index contributed by atoms with van der Waals surface area (Å²) in [6, 6.07) is 20.2. The second-order valence-electron chi connectivity index (χ2n) is 7.52. The number of nitrogens with one attached hydrogen (secondary N) is 1. The Bertz CT molecular complexity index is 1120. The van der Waals surface area contributed by atoms with Gasteiger partial charge in [-0.3, -0.25) is 0 Å². The molecule has 164 valence electrons. The molecule has 1 amide bonds. The Morgan fingerprint density at radius 3 is 2.25 bits per heavy atom. The van der Waals surface area contributed by atoms with E-state index in [0.29, 0.717) is 11.3 Å². The van der Waals surface area contributed by atoms with E-state index in [1.54, 1.807) is 18.2 Å². The number of methoxy groups -OCH3 is 1. The topological polar surface area (TPSA) is 84.9 Å². The summed E-state index contributed by atoms with van der Waals surface area (Å²) >= 11 is 3.38. The van der Waals surface area contributed by atoms with Gasteiger partial charge < -0.3 is 19.9 Å². The first-order valence-corrected chi connectivity index (χ1v) is 10.9. The van der Waals surface area contributed by atoms with Crippen LogP contribution in [-0.4, -0.2) is 36.9 Å². The second-order valence-corrected chi connectivity index (χ2v) is 8.44. The van der Waals surface area contributed by atoms with E-state index >= 15 is 0 Å². The number of benzene rings is 3. The zero-order valence-electron chi connectivity index (χ0n) is 17.4. The highest BCUT2D eigenvalue weighted by Gasteiger charge is 2.30. The number of hydrogen-bond donors (Lipinski definition) is 2. The maximum atomic E-state index is 12.5. The Hall–Kier alpha value is -3.32. The van der Waals surface area contributed by atoms with Gasteiger partial charge in [-0.1, -0.05) is 64.5 Å². The fourth-order valence-electron chi connectivity index (χ4n) is 4.11. The first-order valence-electron chi connectivity index (χ1n) is 10.1. The number of carbonyl (C=O) groups excluding carboxylic acids is 1. The molecule has 6 nitrogen and oxygen atoms in total. The van der Waals surface area contributed by atoms with Crippen LogP contribution in [-0.2, 0) is 16.0 Å². The van der Waals surface area contributed by atoms with E-state index in [2.05, 4.69) is 33.4 Å². The summed E-state index contributed by atoms with van der Waals surface area (Å²) in [6.07, 6.45) is -0.712. The number of ether oxygens (including phenoxy) is 2. The van der Waals surface area contributed by atoms with Crippen LogP contribution in [0.3, 0.4) is 0 Å². The van der Waals surface area contributed by atoms with Crippen LogP contribution in [0.1, 0.15) is 22.6 Å². The predicted molar refractivity (Wildman–Crippen MR) is 124 cm³/mol. The lowest BCUT2D eigenvalue weighted by molar-refractivity contribution is -0.139. The number of aliphatic carboxylic acids is 1. The molecule has 1 aliphatic carbocycles. The first-order chi connectivity index (χ1) is 15.5. The zero-order valence-corrected chi connectivity index (χ0v) is 19.0. The molecule has 0 fully saturated rings. The number of amides is 1. The molecule has 0 heterocycles. The highest BCUT2D eigenvalue weighted by Crippen LogP contribution is 2.44. The van der Waals surface area contributed by atoms with Gasteiger partial charge in [-0.2, -0.15) is 0 Å². The number of carbonyl (C=O) groups is 2. The van der Waals surface area contributed by atoms with Crippen molar-refractivity contribution in [3.63, 3.8) is 0 Å². The number of alkyl carbamates (subject to hydrolysis) is 1. The molecule has 4 rings (SSSR count). The Balaban J connectivity index is 1.45. The summed E-state index contributed by atoms with van der Waals surface area (Å²) < 4.78 is 11.6. The normalized spacial score (nSPS) is 13.1. The maximum absolute atomic E-state index is 12.5. The summed E-state index contributed by atoms with van der Waals surface area (Å²) in [5, 5.41) is 12.1. The lowest BCUT2D eigenvalue weighted by atomic mass is 9.98. The van der Waals surface area contributed by atoms with Crippen molar-refractivity contribution < 1.29 is 24.2 Å². The van der Waals surface area contributed by atoms with Crippen LogP contribution in [0, 0.1) is 0 Å². The summed E-state index contributed by atoms with van der Waals surface area (Å²) in [7, 11) is 1.52. The van der Waals surface area contributed by atoms with Gasteiger partial charge in [0, 0.05) is 16.8 Å². The second kappa shape index (κ2) is 9.44. The predicted octanol–water partition coefficient (Wildman–Crippen LogP) is 4.99. The summed E-state index contributed by atoms with van der Waals surface area (Å²) in [4.78, 5) is 24.3. The van der Waals surface area contributed by atoms with E-state index in [1.165, 1.54) is 7.11 Å². The van der Waals surface area contributed by atoms with E-state index in [0.717, 1.165) is 26.7 Å². The van der Waals surface area contributed by atoms with Gasteiger partial charge in [-0.25, -0.2) is 9.59 Å². The van der Waals surface area contributed by atoms with Gasteiger partial charge in [0.2, 0.25) is 0 Å². The minimum atomic E-state index is -1.16. The van der Waals surface area contributed by atoms with Crippen LogP contribution < -0.4 is 10.1 Å². The van der Waals surface area contributed by atoms with Gasteiger partial charge >= 0.3 is 12.1 Å². The third-order valence-corrected chi connectivity index (χ3v) is 6.09. The van der Waals surface area contributed by atoms with E-state index in [1.807, 2.05) is 36.4 Å². The minimum Gasteiger partial charge on any atom is -0.496 e. The van der Waals surface area contributed by atoms with Crippen molar-refractivity contribution in [1.29, 1.82) is 0 Å². The van der Waals surface area contributed by atoms with Crippen LogP contribution in [0.15, 0.2) is 71.2 Å². The molecule has 0 radical (unpaired) electrons. The van der Waals surface area contributed by atoms with E-state index in [-0.39, 0.29) is 18.9 Å². The summed E-state index contributed by atoms with van der Waals surface area (Å²) in [6.45, 7) is 0.117. The fourth-order valence-corrected chi connectivity index (χ4v) is 4.52. The molecule has 1 atom stereocenters. The van der Waals surface area contributed by atoms with Crippen LogP contribution in [0.4, 0.5) is 4.79 Å². The molecule has 0 saturated carbocycles. The standard InChI is InChI=1S/C25H22BrNO5/c1-31-23-11-10-16(26)12-15(23)13-22(24(28)29)27-25(30)32-14-21-19-8-4-2-6-17(19)18-7-3-5-9-20(18)21/h2-12,21-22H,13-14H2,1H3,(H,27,30)(H,28,29). The van der Waals surface area contributed by atoms with Crippen molar-refractivity contribution in [2.75, 3.05) is 13.7 Å². The van der Waals surface area contributed by atoms with Crippen molar-refractivity contribution in [3.8, 4) is 16.9 Å². The third kappa shape index (κ3) is 4.48. The monoisotopic (exact) mass is 495 g/mol. The van der Waals surface area contributed by atoms with Gasteiger partial charge in [-0.15, -0.1) is 0 Å². The molecule has 0 aromatic heterocycles. The molecular weight excluding hydrogens is 474 g/mol. The first kappa shape index (κ1) is 21.9. The lowest BCUT2D eigenvalue weighted by Gasteiger charge is -2.18. The highest BCUT2D eigenvalue weighted by atomic mass is 79.9. The molecule has 2 N–H and O–H groups in total. The Kier molecular flexibility index (Phi) is 6.46. The van der Waals surface area contributed by atoms with Crippen LogP contribution in [0.5, 0.6) is 5.75 Å². The number of hydrogen-bond acceptors (Lipinski definition) is 4. The summed E-state index contributed by atoms with van der Waals surface area (Å²) in [5.74, 6) is -0.698. The van der Waals surface area contributed by atoms with Gasteiger partial charge in [0.1, 0.15) is 18.4 Å². The Labute approximate surface area is 194 Å². The maximum Gasteiger partial charge on any atom is 0.407 e. The molecular formula is C25H22BrNO5. The van der Waals surface area contributed by atoms with Crippen molar-refractivity contribution in [1.82, 2.24) is 5.32 Å². The van der Waals surface area contributed by atoms with E-state index in [4.69, 9.17) is 9.47 Å². The van der Waals surface area contributed by atoms with Crippen molar-refractivity contribution >= 4 is 28.0 Å². The van der Waals surface area contributed by atoms with Gasteiger partial charge in [0.25, 0.3) is 0 Å². The third-order valence-electron chi connectivity index (χ3n) is 5.60. The van der Waals surface area contributed by atoms with Gasteiger partial charge in [0.05, 0.1) is 7.11 Å². The van der Waals surface area contributed by atoms with Gasteiger partial charge in [0.15, 0.2) is 0 Å². The summed E-state index contributed by atoms with van der Waals surface area (Å²) in [5.41, 5.74) is 5.10. The zero-order chi connectivity index (χ0) is 22.7. The molecule has 3 aromatic rings. The van der Waals surface area contributed by atoms with Gasteiger partial charge in [-0.05, 0) is 46.0 Å². The average Bonchev–Trinajstić information content (AvgIpc) is 3.11. The molecule has 1 unspecified atom stereocenters. The molecule has 7 heteroatoms. The van der Waals surface area contributed by atoms with E-state index in [9.17, 15) is 14.7 Å². The molecule has 1 aliphatic rings. The Morgan fingerprint density at radius 2 is 1.66 bits per heavy atom. The fraction of sp³-hybridized carbons (Fsp3) is 0.200. The quantitative estimate of drug-likeness (QED) is 0.482. The van der Waals surface area contributed by atoms with Crippen molar-refractivity contribution in [2.24, 2.45) is 0 Å². The van der Waals surface area contributed by atoms with Crippen LogP contribution in [0.25, 0.3) is 11.1 Å². The molecule has 32 heavy (non-hydrogen) atoms. The molecule has 0 spiro atoms. The molecule has 0 aliphatic heterocycles. The smallest absolute Gasteiger partial charge is 0.407 e. The largest absolute Gasteiger partial charge is 0.496 e. The number of halogens is 1. The van der Waals surface area contributed by atoms with Crippen molar-refractivity contribution in [3.05, 3.63) is 87.9 Å². The lowest BCUT2D eigenvalue weighted by Crippen LogP contribution is -2.43. The molecule has 0 saturated heterocycles. The SMILES string of the molecule is COc1ccc(Br)cc1CC(NC(=O)OCC1c2ccccc2-c2ccccc21)C(=O)O. The molecule has 0 bridgehead atoms. The van der Waals surface area contributed by atoms with Crippen LogP contribution >= 0.6 is 15.9 Å². The van der Waals surface area contributed by atoms with Crippen LogP contribution in [0.2, 0.25) is 0 Å². The van der Waals surface area contributed by atoms with Crippen molar-refractivity contribution in [2.45, 2.75) is 18.4 Å². The van der Waals surface area contributed by atoms with E-state index < -0.39 is 18.1 Å². The average molecular weight is 496 g/mol. The number of carboxylic acid groups (broad SMARTS) is 1. The number of rotatable bonds is 7. The molecule has 3 aromatic carbocycles. The minimum absolute atomic E-state index is 0.0577. The number of carboxylic acids is 1. The Morgan fingerprint density at radius 1 is 1.03 bits per heavy atom.